The van der Waals surface area contributed by atoms with Crippen molar-refractivity contribution >= 4 is 0 Å². The Morgan fingerprint density at radius 1 is 1.50 bits per heavy atom. The van der Waals surface area contributed by atoms with Gasteiger partial charge in [0.05, 0.1) is 12.1 Å². The van der Waals surface area contributed by atoms with E-state index in [1.54, 1.807) is 6.33 Å². The molecule has 0 unspecified atom stereocenters. The largest absolute Gasteiger partial charge is 0.388 e. The molecule has 0 aromatic carbocycles. The molecule has 1 fully saturated rings. The van der Waals surface area contributed by atoms with Crippen molar-refractivity contribution in [2.24, 2.45) is 0 Å². The average Bonchev–Trinajstić information content (AvgIpc) is 2.78. The number of nitrogens with one attached hydrogen (secondary N) is 1. The Kier molecular flexibility index (Phi) is 4.68. The van der Waals surface area contributed by atoms with E-state index >= 15 is 0 Å². The van der Waals surface area contributed by atoms with E-state index in [1.165, 1.54) is 0 Å². The van der Waals surface area contributed by atoms with Crippen molar-refractivity contribution in [2.45, 2.75) is 44.9 Å². The van der Waals surface area contributed by atoms with Crippen molar-refractivity contribution < 1.29 is 9.84 Å². The molecule has 6 heteroatoms. The second-order valence-electron chi connectivity index (χ2n) is 4.84. The van der Waals surface area contributed by atoms with Crippen molar-refractivity contribution in [2.75, 3.05) is 19.8 Å². The summed E-state index contributed by atoms with van der Waals surface area (Å²) in [5.41, 5.74) is -0.631. The van der Waals surface area contributed by atoms with Gasteiger partial charge in [0, 0.05) is 39.1 Å². The molecule has 1 aromatic rings. The smallest absolute Gasteiger partial charge is 0.140 e. The van der Waals surface area contributed by atoms with Gasteiger partial charge >= 0.3 is 0 Å². The lowest BCUT2D eigenvalue weighted by Crippen LogP contribution is -2.45. The van der Waals surface area contributed by atoms with Crippen LogP contribution in [-0.4, -0.2) is 45.2 Å². The number of hydrogen-bond acceptors (Lipinski definition) is 5. The van der Waals surface area contributed by atoms with Crippen LogP contribution in [0.4, 0.5) is 0 Å². The number of rotatable bonds is 6. The van der Waals surface area contributed by atoms with Crippen LogP contribution in [0.15, 0.2) is 6.33 Å². The van der Waals surface area contributed by atoms with Crippen LogP contribution >= 0.6 is 0 Å². The lowest BCUT2D eigenvalue weighted by molar-refractivity contribution is -0.0617. The SMILES string of the molecule is CCCn1ncnc1CNCC1(O)CCOCC1. The van der Waals surface area contributed by atoms with Crippen molar-refractivity contribution in [1.29, 1.82) is 0 Å². The minimum Gasteiger partial charge on any atom is -0.388 e. The molecule has 1 saturated heterocycles. The second-order valence-corrected chi connectivity index (χ2v) is 4.84. The molecule has 1 aromatic heterocycles. The quantitative estimate of drug-likeness (QED) is 0.765. The molecule has 1 aliphatic rings. The van der Waals surface area contributed by atoms with E-state index in [1.807, 2.05) is 4.68 Å². The van der Waals surface area contributed by atoms with Gasteiger partial charge in [0.1, 0.15) is 12.2 Å². The standard InChI is InChI=1S/C12H22N4O2/c1-2-5-16-11(14-10-15-16)8-13-9-12(17)3-6-18-7-4-12/h10,13,17H,2-9H2,1H3. The number of aromatic nitrogens is 3. The molecule has 0 radical (unpaired) electrons. The molecule has 0 atom stereocenters. The summed E-state index contributed by atoms with van der Waals surface area (Å²) in [4.78, 5) is 4.22. The minimum atomic E-state index is -0.631. The molecule has 102 valence electrons. The topological polar surface area (TPSA) is 72.2 Å². The number of ether oxygens (including phenoxy) is 1. The summed E-state index contributed by atoms with van der Waals surface area (Å²) in [6.45, 7) is 5.51. The molecule has 6 nitrogen and oxygen atoms in total. The fourth-order valence-corrected chi connectivity index (χ4v) is 2.16. The highest BCUT2D eigenvalue weighted by atomic mass is 16.5. The molecule has 0 saturated carbocycles. The zero-order chi connectivity index (χ0) is 12.8. The van der Waals surface area contributed by atoms with Crippen molar-refractivity contribution in [1.82, 2.24) is 20.1 Å². The van der Waals surface area contributed by atoms with Gasteiger partial charge in [-0.3, -0.25) is 0 Å². The van der Waals surface area contributed by atoms with Crippen LogP contribution in [0.3, 0.4) is 0 Å². The van der Waals surface area contributed by atoms with E-state index in [4.69, 9.17) is 4.74 Å². The fourth-order valence-electron chi connectivity index (χ4n) is 2.16. The zero-order valence-electron chi connectivity index (χ0n) is 10.9. The van der Waals surface area contributed by atoms with E-state index in [0.717, 1.165) is 18.8 Å². The van der Waals surface area contributed by atoms with Gasteiger partial charge < -0.3 is 15.2 Å². The molecule has 0 spiro atoms. The van der Waals surface area contributed by atoms with Crippen LogP contribution in [-0.2, 0) is 17.8 Å². The number of hydrogen-bond donors (Lipinski definition) is 2. The summed E-state index contributed by atoms with van der Waals surface area (Å²) < 4.78 is 7.16. The molecular formula is C12H22N4O2. The first-order valence-corrected chi connectivity index (χ1v) is 6.61. The average molecular weight is 254 g/mol. The Morgan fingerprint density at radius 2 is 2.28 bits per heavy atom. The van der Waals surface area contributed by atoms with E-state index in [0.29, 0.717) is 39.1 Å². The highest BCUT2D eigenvalue weighted by Crippen LogP contribution is 2.19. The maximum absolute atomic E-state index is 10.3. The Labute approximate surface area is 107 Å². The van der Waals surface area contributed by atoms with Gasteiger partial charge in [0.2, 0.25) is 0 Å². The molecule has 2 heterocycles. The highest BCUT2D eigenvalue weighted by Gasteiger charge is 2.29. The monoisotopic (exact) mass is 254 g/mol. The van der Waals surface area contributed by atoms with Crippen LogP contribution in [0.2, 0.25) is 0 Å². The Morgan fingerprint density at radius 3 is 3.00 bits per heavy atom. The first-order valence-electron chi connectivity index (χ1n) is 6.61. The van der Waals surface area contributed by atoms with E-state index < -0.39 is 5.60 Å². The highest BCUT2D eigenvalue weighted by molar-refractivity contribution is 4.87. The summed E-state index contributed by atoms with van der Waals surface area (Å²) >= 11 is 0. The molecular weight excluding hydrogens is 232 g/mol. The van der Waals surface area contributed by atoms with E-state index in [9.17, 15) is 5.11 Å². The lowest BCUT2D eigenvalue weighted by Gasteiger charge is -2.32. The van der Waals surface area contributed by atoms with Crippen LogP contribution in [0.5, 0.6) is 0 Å². The van der Waals surface area contributed by atoms with Gasteiger partial charge in [-0.1, -0.05) is 6.92 Å². The van der Waals surface area contributed by atoms with Crippen molar-refractivity contribution in [3.05, 3.63) is 12.2 Å². The van der Waals surface area contributed by atoms with Gasteiger partial charge in [0.15, 0.2) is 0 Å². The molecule has 1 aliphatic heterocycles. The van der Waals surface area contributed by atoms with Crippen LogP contribution in [0.1, 0.15) is 32.0 Å². The summed E-state index contributed by atoms with van der Waals surface area (Å²) in [5.74, 6) is 0.924. The number of aliphatic hydroxyl groups is 1. The summed E-state index contributed by atoms with van der Waals surface area (Å²) in [7, 11) is 0. The molecule has 18 heavy (non-hydrogen) atoms. The van der Waals surface area contributed by atoms with Gasteiger partial charge in [-0.05, 0) is 6.42 Å². The predicted molar refractivity (Wildman–Crippen MR) is 67.0 cm³/mol. The Balaban J connectivity index is 1.78. The first kappa shape index (κ1) is 13.5. The lowest BCUT2D eigenvalue weighted by atomic mass is 9.94. The van der Waals surface area contributed by atoms with Gasteiger partial charge in [-0.15, -0.1) is 0 Å². The first-order chi connectivity index (χ1) is 8.73. The third-order valence-corrected chi connectivity index (χ3v) is 3.29. The van der Waals surface area contributed by atoms with Crippen molar-refractivity contribution in [3.8, 4) is 0 Å². The molecule has 2 N–H and O–H groups in total. The van der Waals surface area contributed by atoms with Gasteiger partial charge in [0.25, 0.3) is 0 Å². The molecule has 0 amide bonds. The van der Waals surface area contributed by atoms with Gasteiger partial charge in [-0.2, -0.15) is 5.10 Å². The molecule has 0 aliphatic carbocycles. The number of nitrogens with zero attached hydrogens (tertiary/aromatic N) is 3. The zero-order valence-corrected chi connectivity index (χ0v) is 10.9. The predicted octanol–water partition coefficient (Wildman–Crippen LogP) is 0.319. The second kappa shape index (κ2) is 6.26. The van der Waals surface area contributed by atoms with Crippen LogP contribution in [0, 0.1) is 0 Å². The molecule has 2 rings (SSSR count). The normalized spacial score (nSPS) is 19.0. The Hall–Kier alpha value is -0.980. The summed E-state index contributed by atoms with van der Waals surface area (Å²) in [6, 6.07) is 0. The van der Waals surface area contributed by atoms with Crippen molar-refractivity contribution in [3.63, 3.8) is 0 Å². The minimum absolute atomic E-state index is 0.579. The van der Waals surface area contributed by atoms with E-state index in [-0.39, 0.29) is 0 Å². The third-order valence-electron chi connectivity index (χ3n) is 3.29. The van der Waals surface area contributed by atoms with Crippen LogP contribution in [0.25, 0.3) is 0 Å². The molecule has 0 bridgehead atoms. The maximum atomic E-state index is 10.3. The third kappa shape index (κ3) is 3.51. The fraction of sp³-hybridized carbons (Fsp3) is 0.833. The van der Waals surface area contributed by atoms with Crippen LogP contribution < -0.4 is 5.32 Å². The summed E-state index contributed by atoms with van der Waals surface area (Å²) in [5, 5.41) is 17.7. The number of aryl methyl sites for hydroxylation is 1. The maximum Gasteiger partial charge on any atom is 0.140 e. The summed E-state index contributed by atoms with van der Waals surface area (Å²) in [6.07, 6.45) is 4.01. The Bertz CT molecular complexity index is 361. The van der Waals surface area contributed by atoms with E-state index in [2.05, 4.69) is 22.3 Å². The van der Waals surface area contributed by atoms with Gasteiger partial charge in [-0.25, -0.2) is 9.67 Å².